The number of ether oxygens (including phenoxy) is 1. The third kappa shape index (κ3) is 4.02. The SMILES string of the molecule is OCc1cccc(N2CCN(c3cnc(N4CCCOCC4)nc3)CC2)c1F. The Kier molecular flexibility index (Phi) is 5.87. The Morgan fingerprint density at radius 3 is 2.43 bits per heavy atom. The van der Waals surface area contributed by atoms with E-state index in [1.165, 1.54) is 0 Å². The van der Waals surface area contributed by atoms with E-state index in [0.717, 1.165) is 50.8 Å². The second-order valence-corrected chi connectivity index (χ2v) is 7.08. The fraction of sp³-hybridized carbons (Fsp3) is 0.500. The van der Waals surface area contributed by atoms with Crippen molar-refractivity contribution in [2.45, 2.75) is 13.0 Å². The second kappa shape index (κ2) is 8.70. The molecule has 0 aliphatic carbocycles. The summed E-state index contributed by atoms with van der Waals surface area (Å²) in [4.78, 5) is 15.5. The number of anilines is 3. The number of piperazine rings is 1. The summed E-state index contributed by atoms with van der Waals surface area (Å²) in [6, 6.07) is 5.17. The van der Waals surface area contributed by atoms with E-state index >= 15 is 0 Å². The molecule has 150 valence electrons. The lowest BCUT2D eigenvalue weighted by Crippen LogP contribution is -2.47. The molecule has 2 aliphatic heterocycles. The van der Waals surface area contributed by atoms with Crippen LogP contribution in [0.1, 0.15) is 12.0 Å². The van der Waals surface area contributed by atoms with Crippen molar-refractivity contribution < 1.29 is 14.2 Å². The van der Waals surface area contributed by atoms with Gasteiger partial charge in [-0.25, -0.2) is 14.4 Å². The van der Waals surface area contributed by atoms with Crippen molar-refractivity contribution in [1.29, 1.82) is 0 Å². The number of hydrogen-bond acceptors (Lipinski definition) is 7. The zero-order valence-electron chi connectivity index (χ0n) is 15.9. The molecule has 0 bridgehead atoms. The zero-order valence-corrected chi connectivity index (χ0v) is 15.9. The monoisotopic (exact) mass is 387 g/mol. The average Bonchev–Trinajstić information content (AvgIpc) is 3.04. The first-order valence-electron chi connectivity index (χ1n) is 9.79. The lowest BCUT2D eigenvalue weighted by Gasteiger charge is -2.37. The summed E-state index contributed by atoms with van der Waals surface area (Å²) in [7, 11) is 0. The first kappa shape index (κ1) is 18.9. The summed E-state index contributed by atoms with van der Waals surface area (Å²) in [6.45, 7) is 5.89. The quantitative estimate of drug-likeness (QED) is 0.856. The molecule has 0 saturated carbocycles. The molecule has 4 rings (SSSR count). The van der Waals surface area contributed by atoms with E-state index in [0.29, 0.717) is 30.9 Å². The van der Waals surface area contributed by atoms with Gasteiger partial charge in [0, 0.05) is 51.4 Å². The van der Waals surface area contributed by atoms with Crippen molar-refractivity contribution >= 4 is 17.3 Å². The molecule has 7 nitrogen and oxygen atoms in total. The molecule has 2 aromatic rings. The van der Waals surface area contributed by atoms with Crippen LogP contribution in [-0.4, -0.2) is 67.6 Å². The molecule has 2 saturated heterocycles. The maximum absolute atomic E-state index is 14.5. The molecular weight excluding hydrogens is 361 g/mol. The summed E-state index contributed by atoms with van der Waals surface area (Å²) in [5, 5.41) is 9.27. The largest absolute Gasteiger partial charge is 0.392 e. The third-order valence-corrected chi connectivity index (χ3v) is 5.34. The van der Waals surface area contributed by atoms with Gasteiger partial charge in [0.05, 0.1) is 37.0 Å². The minimum Gasteiger partial charge on any atom is -0.392 e. The van der Waals surface area contributed by atoms with E-state index in [2.05, 4.69) is 19.8 Å². The van der Waals surface area contributed by atoms with Crippen LogP contribution < -0.4 is 14.7 Å². The van der Waals surface area contributed by atoms with E-state index in [9.17, 15) is 9.50 Å². The smallest absolute Gasteiger partial charge is 0.225 e. The second-order valence-electron chi connectivity index (χ2n) is 7.08. The molecule has 1 aromatic heterocycles. The zero-order chi connectivity index (χ0) is 19.3. The van der Waals surface area contributed by atoms with Crippen molar-refractivity contribution in [1.82, 2.24) is 9.97 Å². The topological polar surface area (TPSA) is 65.0 Å². The number of benzene rings is 1. The summed E-state index contributed by atoms with van der Waals surface area (Å²) in [5.74, 6) is 0.420. The van der Waals surface area contributed by atoms with Crippen LogP contribution in [0, 0.1) is 5.82 Å². The Morgan fingerprint density at radius 1 is 0.929 bits per heavy atom. The van der Waals surface area contributed by atoms with Gasteiger partial charge in [0.25, 0.3) is 0 Å². The Bertz CT molecular complexity index is 773. The number of nitrogens with zero attached hydrogens (tertiary/aromatic N) is 5. The highest BCUT2D eigenvalue weighted by molar-refractivity contribution is 5.53. The fourth-order valence-corrected chi connectivity index (χ4v) is 3.73. The highest BCUT2D eigenvalue weighted by Gasteiger charge is 2.21. The summed E-state index contributed by atoms with van der Waals surface area (Å²) < 4.78 is 20.0. The van der Waals surface area contributed by atoms with E-state index in [1.54, 1.807) is 18.2 Å². The molecule has 0 atom stereocenters. The highest BCUT2D eigenvalue weighted by atomic mass is 19.1. The minimum atomic E-state index is -0.326. The van der Waals surface area contributed by atoms with Crippen LogP contribution in [0.4, 0.5) is 21.7 Å². The summed E-state index contributed by atoms with van der Waals surface area (Å²) in [5.41, 5.74) is 1.88. The van der Waals surface area contributed by atoms with Crippen LogP contribution >= 0.6 is 0 Å². The van der Waals surface area contributed by atoms with Gasteiger partial charge in [0.1, 0.15) is 0 Å². The first-order chi connectivity index (χ1) is 13.8. The third-order valence-electron chi connectivity index (χ3n) is 5.34. The minimum absolute atomic E-state index is 0.285. The lowest BCUT2D eigenvalue weighted by molar-refractivity contribution is 0.152. The Labute approximate surface area is 164 Å². The van der Waals surface area contributed by atoms with Gasteiger partial charge in [-0.3, -0.25) is 0 Å². The number of aliphatic hydroxyl groups excluding tert-OH is 1. The van der Waals surface area contributed by atoms with Crippen LogP contribution in [0.2, 0.25) is 0 Å². The number of aromatic nitrogens is 2. The van der Waals surface area contributed by atoms with Gasteiger partial charge in [0.15, 0.2) is 5.82 Å². The predicted octanol–water partition coefficient (Wildman–Crippen LogP) is 1.66. The maximum atomic E-state index is 14.5. The van der Waals surface area contributed by atoms with Crippen LogP contribution in [0.15, 0.2) is 30.6 Å². The van der Waals surface area contributed by atoms with Gasteiger partial charge in [-0.15, -0.1) is 0 Å². The normalized spacial score (nSPS) is 18.3. The summed E-state index contributed by atoms with van der Waals surface area (Å²) >= 11 is 0. The number of hydrogen-bond donors (Lipinski definition) is 1. The molecule has 2 aliphatic rings. The van der Waals surface area contributed by atoms with Crippen molar-refractivity contribution in [2.75, 3.05) is 67.2 Å². The van der Waals surface area contributed by atoms with Crippen LogP contribution in [0.25, 0.3) is 0 Å². The van der Waals surface area contributed by atoms with Crippen molar-refractivity contribution in [3.05, 3.63) is 42.0 Å². The predicted molar refractivity (Wildman–Crippen MR) is 106 cm³/mol. The van der Waals surface area contributed by atoms with Crippen LogP contribution in [-0.2, 0) is 11.3 Å². The van der Waals surface area contributed by atoms with Crippen LogP contribution in [0.3, 0.4) is 0 Å². The molecule has 0 radical (unpaired) electrons. The van der Waals surface area contributed by atoms with Gasteiger partial charge in [-0.1, -0.05) is 12.1 Å². The van der Waals surface area contributed by atoms with E-state index in [-0.39, 0.29) is 12.4 Å². The van der Waals surface area contributed by atoms with E-state index < -0.39 is 0 Å². The van der Waals surface area contributed by atoms with Crippen molar-refractivity contribution in [2.24, 2.45) is 0 Å². The Balaban J connectivity index is 1.38. The maximum Gasteiger partial charge on any atom is 0.225 e. The van der Waals surface area contributed by atoms with Gasteiger partial charge in [-0.05, 0) is 12.5 Å². The van der Waals surface area contributed by atoms with Crippen molar-refractivity contribution in [3.63, 3.8) is 0 Å². The van der Waals surface area contributed by atoms with Crippen molar-refractivity contribution in [3.8, 4) is 0 Å². The molecule has 1 N–H and O–H groups in total. The molecular formula is C20H26FN5O2. The molecule has 2 fully saturated rings. The average molecular weight is 387 g/mol. The molecule has 0 spiro atoms. The van der Waals surface area contributed by atoms with Crippen LogP contribution in [0.5, 0.6) is 0 Å². The highest BCUT2D eigenvalue weighted by Crippen LogP contribution is 2.25. The van der Waals surface area contributed by atoms with Gasteiger partial charge < -0.3 is 24.5 Å². The number of rotatable bonds is 4. The summed E-state index contributed by atoms with van der Waals surface area (Å²) in [6.07, 6.45) is 4.73. The number of aliphatic hydroxyl groups is 1. The molecule has 0 unspecified atom stereocenters. The van der Waals surface area contributed by atoms with Gasteiger partial charge in [0.2, 0.25) is 5.95 Å². The molecule has 1 aromatic carbocycles. The van der Waals surface area contributed by atoms with Gasteiger partial charge >= 0.3 is 0 Å². The van der Waals surface area contributed by atoms with E-state index in [1.807, 2.05) is 17.3 Å². The fourth-order valence-electron chi connectivity index (χ4n) is 3.73. The first-order valence-corrected chi connectivity index (χ1v) is 9.79. The lowest BCUT2D eigenvalue weighted by atomic mass is 10.1. The molecule has 3 heterocycles. The van der Waals surface area contributed by atoms with E-state index in [4.69, 9.17) is 4.74 Å². The Hall–Kier alpha value is -2.45. The molecule has 28 heavy (non-hydrogen) atoms. The molecule has 0 amide bonds. The standard InChI is InChI=1S/C20H26FN5O2/c21-19-16(15-27)3-1-4-18(19)25-8-6-24(7-9-25)17-13-22-20(23-14-17)26-5-2-11-28-12-10-26/h1,3-4,13-14,27H,2,5-12,15H2. The van der Waals surface area contributed by atoms with Gasteiger partial charge in [-0.2, -0.15) is 0 Å². The Morgan fingerprint density at radius 2 is 1.68 bits per heavy atom. The number of halogens is 1. The molecule has 8 heteroatoms.